The molecule has 3 rings (SSSR count). The molecule has 138 valence electrons. The van der Waals surface area contributed by atoms with Gasteiger partial charge in [-0.05, 0) is 60.2 Å². The number of carbonyl (C=O) groups excluding carboxylic acids is 1. The molecule has 0 aliphatic heterocycles. The van der Waals surface area contributed by atoms with Crippen LogP contribution in [-0.2, 0) is 15.4 Å². The number of hydrogen-bond donors (Lipinski definition) is 2. The first-order chi connectivity index (χ1) is 12.1. The van der Waals surface area contributed by atoms with E-state index in [1.165, 1.54) is 29.8 Å². The Balaban J connectivity index is 1.68. The summed E-state index contributed by atoms with van der Waals surface area (Å²) in [6.07, 6.45) is 1.77. The highest BCUT2D eigenvalue weighted by molar-refractivity contribution is 7.89. The lowest BCUT2D eigenvalue weighted by Gasteiger charge is -2.19. The summed E-state index contributed by atoms with van der Waals surface area (Å²) in [4.78, 5) is 12.5. The highest BCUT2D eigenvalue weighted by Gasteiger charge is 2.28. The molecule has 1 aliphatic rings. The van der Waals surface area contributed by atoms with Gasteiger partial charge in [0.15, 0.2) is 0 Å². The molecule has 2 aromatic carbocycles. The van der Waals surface area contributed by atoms with Gasteiger partial charge in [0.25, 0.3) is 5.91 Å². The zero-order valence-corrected chi connectivity index (χ0v) is 16.1. The quantitative estimate of drug-likeness (QED) is 0.841. The fourth-order valence-electron chi connectivity index (χ4n) is 2.53. The van der Waals surface area contributed by atoms with Crippen LogP contribution in [0.15, 0.2) is 53.4 Å². The molecule has 1 amide bonds. The zero-order chi connectivity index (χ0) is 18.9. The third-order valence-electron chi connectivity index (χ3n) is 4.33. The minimum Gasteiger partial charge on any atom is -0.322 e. The SMILES string of the molecule is CC(C)(C)c1ccc(NC(=O)c2ccc(S(=O)(=O)NC3CC3)cc2)cc1. The molecule has 0 spiro atoms. The number of sulfonamides is 1. The summed E-state index contributed by atoms with van der Waals surface area (Å²) in [5.41, 5.74) is 2.36. The molecule has 2 N–H and O–H groups in total. The number of carbonyl (C=O) groups is 1. The Bertz CT molecular complexity index is 892. The number of benzene rings is 2. The van der Waals surface area contributed by atoms with E-state index in [2.05, 4.69) is 30.8 Å². The van der Waals surface area contributed by atoms with Crippen molar-refractivity contribution in [3.8, 4) is 0 Å². The average molecular weight is 372 g/mol. The molecule has 1 aliphatic carbocycles. The summed E-state index contributed by atoms with van der Waals surface area (Å²) in [7, 11) is -3.50. The second-order valence-electron chi connectivity index (χ2n) is 7.70. The van der Waals surface area contributed by atoms with E-state index in [1.807, 2.05) is 24.3 Å². The summed E-state index contributed by atoms with van der Waals surface area (Å²) in [6, 6.07) is 13.8. The van der Waals surface area contributed by atoms with Gasteiger partial charge in [0, 0.05) is 17.3 Å². The third-order valence-corrected chi connectivity index (χ3v) is 5.87. The third kappa shape index (κ3) is 4.51. The van der Waals surface area contributed by atoms with Gasteiger partial charge in [0.2, 0.25) is 10.0 Å². The molecule has 0 saturated heterocycles. The summed E-state index contributed by atoms with van der Waals surface area (Å²) >= 11 is 0. The van der Waals surface area contributed by atoms with Gasteiger partial charge < -0.3 is 5.32 Å². The molecule has 0 bridgehead atoms. The van der Waals surface area contributed by atoms with Crippen molar-refractivity contribution in [1.82, 2.24) is 4.72 Å². The molecule has 0 radical (unpaired) electrons. The lowest BCUT2D eigenvalue weighted by Crippen LogP contribution is -2.25. The van der Waals surface area contributed by atoms with Crippen LogP contribution in [0.3, 0.4) is 0 Å². The van der Waals surface area contributed by atoms with Gasteiger partial charge in [-0.3, -0.25) is 4.79 Å². The van der Waals surface area contributed by atoms with Crippen molar-refractivity contribution in [1.29, 1.82) is 0 Å². The number of anilines is 1. The highest BCUT2D eigenvalue weighted by atomic mass is 32.2. The van der Waals surface area contributed by atoms with Crippen LogP contribution in [0.4, 0.5) is 5.69 Å². The average Bonchev–Trinajstić information content (AvgIpc) is 3.38. The Morgan fingerprint density at radius 2 is 1.54 bits per heavy atom. The van der Waals surface area contributed by atoms with Crippen LogP contribution in [0.25, 0.3) is 0 Å². The van der Waals surface area contributed by atoms with E-state index in [1.54, 1.807) is 0 Å². The number of rotatable bonds is 5. The first kappa shape index (κ1) is 18.6. The molecular weight excluding hydrogens is 348 g/mol. The minimum absolute atomic E-state index is 0.0539. The van der Waals surface area contributed by atoms with Crippen molar-refractivity contribution >= 4 is 21.6 Å². The fourth-order valence-corrected chi connectivity index (χ4v) is 3.84. The molecule has 26 heavy (non-hydrogen) atoms. The zero-order valence-electron chi connectivity index (χ0n) is 15.2. The smallest absolute Gasteiger partial charge is 0.255 e. The lowest BCUT2D eigenvalue weighted by molar-refractivity contribution is 0.102. The van der Waals surface area contributed by atoms with Crippen molar-refractivity contribution < 1.29 is 13.2 Å². The largest absolute Gasteiger partial charge is 0.322 e. The lowest BCUT2D eigenvalue weighted by atomic mass is 9.87. The molecule has 0 aromatic heterocycles. The van der Waals surface area contributed by atoms with Crippen molar-refractivity contribution in [2.24, 2.45) is 0 Å². The van der Waals surface area contributed by atoms with Crippen molar-refractivity contribution in [2.45, 2.75) is 50.0 Å². The van der Waals surface area contributed by atoms with Crippen LogP contribution >= 0.6 is 0 Å². The molecule has 0 heterocycles. The van der Waals surface area contributed by atoms with Crippen molar-refractivity contribution in [2.75, 3.05) is 5.32 Å². The molecule has 6 heteroatoms. The first-order valence-electron chi connectivity index (χ1n) is 8.69. The highest BCUT2D eigenvalue weighted by Crippen LogP contribution is 2.24. The maximum absolute atomic E-state index is 12.4. The second-order valence-corrected chi connectivity index (χ2v) is 9.42. The van der Waals surface area contributed by atoms with Gasteiger partial charge in [0.05, 0.1) is 4.90 Å². The molecule has 5 nitrogen and oxygen atoms in total. The summed E-state index contributed by atoms with van der Waals surface area (Å²) < 4.78 is 26.9. The molecule has 1 fully saturated rings. The van der Waals surface area contributed by atoms with Gasteiger partial charge in [-0.25, -0.2) is 13.1 Å². The minimum atomic E-state index is -3.50. The Labute approximate surface area is 154 Å². The number of amides is 1. The van der Waals surface area contributed by atoms with E-state index >= 15 is 0 Å². The van der Waals surface area contributed by atoms with Gasteiger partial charge in [-0.1, -0.05) is 32.9 Å². The Hall–Kier alpha value is -2.18. The van der Waals surface area contributed by atoms with Crippen molar-refractivity contribution in [3.63, 3.8) is 0 Å². The Kier molecular flexibility index (Phi) is 4.90. The van der Waals surface area contributed by atoms with Crippen LogP contribution in [0.5, 0.6) is 0 Å². The Morgan fingerprint density at radius 3 is 2.04 bits per heavy atom. The number of nitrogens with one attached hydrogen (secondary N) is 2. The van der Waals surface area contributed by atoms with Crippen LogP contribution in [0.2, 0.25) is 0 Å². The molecular formula is C20H24N2O3S. The van der Waals surface area contributed by atoms with E-state index in [0.717, 1.165) is 12.8 Å². The van der Waals surface area contributed by atoms with Crippen LogP contribution in [0.1, 0.15) is 49.5 Å². The van der Waals surface area contributed by atoms with Gasteiger partial charge in [-0.15, -0.1) is 0 Å². The monoisotopic (exact) mass is 372 g/mol. The van der Waals surface area contributed by atoms with E-state index < -0.39 is 10.0 Å². The predicted molar refractivity (Wildman–Crippen MR) is 103 cm³/mol. The molecule has 0 unspecified atom stereocenters. The number of hydrogen-bond acceptors (Lipinski definition) is 3. The fraction of sp³-hybridized carbons (Fsp3) is 0.350. The topological polar surface area (TPSA) is 75.3 Å². The van der Waals surface area contributed by atoms with E-state index in [-0.39, 0.29) is 22.3 Å². The van der Waals surface area contributed by atoms with E-state index in [0.29, 0.717) is 11.3 Å². The summed E-state index contributed by atoms with van der Waals surface area (Å²) in [5.74, 6) is -0.271. The van der Waals surface area contributed by atoms with Gasteiger partial charge in [-0.2, -0.15) is 0 Å². The maximum Gasteiger partial charge on any atom is 0.255 e. The second kappa shape index (κ2) is 6.85. The summed E-state index contributed by atoms with van der Waals surface area (Å²) in [5, 5.41) is 2.83. The maximum atomic E-state index is 12.4. The van der Waals surface area contributed by atoms with Gasteiger partial charge >= 0.3 is 0 Å². The van der Waals surface area contributed by atoms with Crippen LogP contribution in [-0.4, -0.2) is 20.4 Å². The molecule has 0 atom stereocenters. The van der Waals surface area contributed by atoms with E-state index in [4.69, 9.17) is 0 Å². The van der Waals surface area contributed by atoms with Crippen LogP contribution < -0.4 is 10.0 Å². The van der Waals surface area contributed by atoms with E-state index in [9.17, 15) is 13.2 Å². The van der Waals surface area contributed by atoms with Crippen LogP contribution in [0, 0.1) is 0 Å². The predicted octanol–water partition coefficient (Wildman–Crippen LogP) is 3.68. The van der Waals surface area contributed by atoms with Gasteiger partial charge in [0.1, 0.15) is 0 Å². The standard InChI is InChI=1S/C20H24N2O3S/c1-20(2,3)15-6-8-16(9-7-15)21-19(23)14-4-12-18(13-5-14)26(24,25)22-17-10-11-17/h4-9,12-13,17,22H,10-11H2,1-3H3,(H,21,23). The Morgan fingerprint density at radius 1 is 0.962 bits per heavy atom. The van der Waals surface area contributed by atoms with Crippen molar-refractivity contribution in [3.05, 3.63) is 59.7 Å². The summed E-state index contributed by atoms with van der Waals surface area (Å²) in [6.45, 7) is 6.40. The molecule has 1 saturated carbocycles. The molecule has 2 aromatic rings. The first-order valence-corrected chi connectivity index (χ1v) is 10.2. The normalized spacial score (nSPS) is 14.9.